The SMILES string of the molecule is CNOCC=C(c1ccccc1)c1ccc2nc(N)c(S(=O)OC(C)C)n2c1. The van der Waals surface area contributed by atoms with Gasteiger partial charge < -0.3 is 5.73 Å². The van der Waals surface area contributed by atoms with E-state index in [1.807, 2.05) is 68.6 Å². The first-order valence-corrected chi connectivity index (χ1v) is 9.99. The number of pyridine rings is 1. The highest BCUT2D eigenvalue weighted by atomic mass is 32.2. The predicted octanol–water partition coefficient (Wildman–Crippen LogP) is 2.95. The van der Waals surface area contributed by atoms with Crippen molar-refractivity contribution in [1.82, 2.24) is 14.9 Å². The van der Waals surface area contributed by atoms with E-state index < -0.39 is 11.1 Å². The van der Waals surface area contributed by atoms with Gasteiger partial charge in [0.05, 0.1) is 12.7 Å². The van der Waals surface area contributed by atoms with Crippen LogP contribution in [0, 0.1) is 0 Å². The van der Waals surface area contributed by atoms with Crippen LogP contribution < -0.4 is 11.2 Å². The Labute approximate surface area is 166 Å². The monoisotopic (exact) mass is 400 g/mol. The van der Waals surface area contributed by atoms with Crippen molar-refractivity contribution >= 4 is 28.1 Å². The maximum atomic E-state index is 12.6. The summed E-state index contributed by atoms with van der Waals surface area (Å²) in [7, 11) is 1.71. The smallest absolute Gasteiger partial charge is 0.211 e. The molecule has 0 aliphatic heterocycles. The number of anilines is 1. The number of aromatic nitrogens is 2. The van der Waals surface area contributed by atoms with E-state index in [0.717, 1.165) is 16.7 Å². The van der Waals surface area contributed by atoms with Gasteiger partial charge in [-0.25, -0.2) is 14.7 Å². The first-order chi connectivity index (χ1) is 13.5. The number of nitrogen functional groups attached to an aromatic ring is 1. The second-order valence-corrected chi connectivity index (χ2v) is 7.38. The highest BCUT2D eigenvalue weighted by Crippen LogP contribution is 2.27. The van der Waals surface area contributed by atoms with E-state index in [9.17, 15) is 4.21 Å². The van der Waals surface area contributed by atoms with Gasteiger partial charge in [0.2, 0.25) is 11.1 Å². The van der Waals surface area contributed by atoms with Gasteiger partial charge in [0.15, 0.2) is 10.8 Å². The molecule has 0 saturated carbocycles. The second-order valence-electron chi connectivity index (χ2n) is 6.33. The van der Waals surface area contributed by atoms with E-state index in [-0.39, 0.29) is 11.9 Å². The van der Waals surface area contributed by atoms with Crippen LogP contribution in [0.5, 0.6) is 0 Å². The first-order valence-electron chi connectivity index (χ1n) is 8.92. The van der Waals surface area contributed by atoms with Crippen LogP contribution in [0.3, 0.4) is 0 Å². The van der Waals surface area contributed by atoms with Crippen LogP contribution in [-0.4, -0.2) is 33.4 Å². The zero-order valence-corrected chi connectivity index (χ0v) is 16.9. The highest BCUT2D eigenvalue weighted by molar-refractivity contribution is 7.80. The Morgan fingerprint density at radius 1 is 1.25 bits per heavy atom. The van der Waals surface area contributed by atoms with Gasteiger partial charge in [-0.15, -0.1) is 0 Å². The molecule has 0 saturated heterocycles. The molecule has 2 heterocycles. The first kappa shape index (κ1) is 20.2. The van der Waals surface area contributed by atoms with Gasteiger partial charge >= 0.3 is 0 Å². The molecule has 0 spiro atoms. The molecule has 0 amide bonds. The van der Waals surface area contributed by atoms with Gasteiger partial charge in [-0.1, -0.05) is 30.3 Å². The molecule has 8 heteroatoms. The molecule has 0 aliphatic rings. The van der Waals surface area contributed by atoms with Crippen LogP contribution in [-0.2, 0) is 20.1 Å². The third-order valence-corrected chi connectivity index (χ3v) is 5.23. The molecule has 1 atom stereocenters. The molecule has 3 aromatic rings. The van der Waals surface area contributed by atoms with Crippen molar-refractivity contribution in [1.29, 1.82) is 0 Å². The fourth-order valence-electron chi connectivity index (χ4n) is 2.82. The topological polar surface area (TPSA) is 90.9 Å². The summed E-state index contributed by atoms with van der Waals surface area (Å²) in [5.74, 6) is 0.194. The van der Waals surface area contributed by atoms with Crippen molar-refractivity contribution in [2.75, 3.05) is 19.4 Å². The Morgan fingerprint density at radius 3 is 2.68 bits per heavy atom. The largest absolute Gasteiger partial charge is 0.381 e. The Kier molecular flexibility index (Phi) is 6.58. The lowest BCUT2D eigenvalue weighted by atomic mass is 9.99. The second kappa shape index (κ2) is 9.11. The van der Waals surface area contributed by atoms with E-state index in [4.69, 9.17) is 14.8 Å². The summed E-state index contributed by atoms with van der Waals surface area (Å²) in [5, 5.41) is 0.337. The lowest BCUT2D eigenvalue weighted by Gasteiger charge is -2.11. The normalized spacial score (nSPS) is 13.4. The van der Waals surface area contributed by atoms with E-state index in [0.29, 0.717) is 17.3 Å². The van der Waals surface area contributed by atoms with Crippen molar-refractivity contribution in [3.8, 4) is 0 Å². The molecule has 2 aromatic heterocycles. The number of rotatable bonds is 8. The zero-order chi connectivity index (χ0) is 20.1. The van der Waals surface area contributed by atoms with Gasteiger partial charge in [0.1, 0.15) is 5.65 Å². The predicted molar refractivity (Wildman–Crippen MR) is 111 cm³/mol. The van der Waals surface area contributed by atoms with Crippen LogP contribution in [0.25, 0.3) is 11.2 Å². The van der Waals surface area contributed by atoms with Gasteiger partial charge in [0.25, 0.3) is 0 Å². The maximum absolute atomic E-state index is 12.6. The molecule has 7 nitrogen and oxygen atoms in total. The van der Waals surface area contributed by atoms with Crippen LogP contribution in [0.2, 0.25) is 0 Å². The van der Waals surface area contributed by atoms with Gasteiger partial charge in [0, 0.05) is 13.2 Å². The van der Waals surface area contributed by atoms with Crippen molar-refractivity contribution in [2.24, 2.45) is 0 Å². The highest BCUT2D eigenvalue weighted by Gasteiger charge is 2.19. The number of fused-ring (bicyclic) bond motifs is 1. The zero-order valence-electron chi connectivity index (χ0n) is 16.1. The number of nitrogens with two attached hydrogens (primary N) is 1. The number of hydrogen-bond donors (Lipinski definition) is 2. The molecular formula is C20H24N4O3S. The van der Waals surface area contributed by atoms with E-state index >= 15 is 0 Å². The third-order valence-electron chi connectivity index (χ3n) is 3.95. The number of nitrogens with one attached hydrogen (secondary N) is 1. The lowest BCUT2D eigenvalue weighted by molar-refractivity contribution is 0.0813. The van der Waals surface area contributed by atoms with Crippen molar-refractivity contribution < 1.29 is 13.2 Å². The molecule has 0 bridgehead atoms. The van der Waals surface area contributed by atoms with Crippen LogP contribution in [0.1, 0.15) is 25.0 Å². The molecule has 1 aromatic carbocycles. The van der Waals surface area contributed by atoms with Gasteiger partial charge in [-0.3, -0.25) is 13.4 Å². The Morgan fingerprint density at radius 2 is 2.00 bits per heavy atom. The standard InChI is InChI=1S/C20H24N4O3S/c1-14(2)27-28(25)20-19(21)23-18-10-9-16(13-24(18)20)17(11-12-26-22-3)15-7-5-4-6-8-15/h4-11,13-14,22H,12,21H2,1-3H3. The summed E-state index contributed by atoms with van der Waals surface area (Å²) in [5.41, 5.74) is 12.2. The number of nitrogens with zero attached hydrogens (tertiary/aromatic N) is 2. The van der Waals surface area contributed by atoms with Crippen molar-refractivity contribution in [2.45, 2.75) is 25.0 Å². The summed E-state index contributed by atoms with van der Waals surface area (Å²) < 4.78 is 19.8. The maximum Gasteiger partial charge on any atom is 0.211 e. The lowest BCUT2D eigenvalue weighted by Crippen LogP contribution is -2.10. The van der Waals surface area contributed by atoms with E-state index in [1.54, 1.807) is 11.4 Å². The minimum atomic E-state index is -1.72. The molecule has 3 N–H and O–H groups in total. The molecule has 0 radical (unpaired) electrons. The number of benzene rings is 1. The fraction of sp³-hybridized carbons (Fsp3) is 0.250. The summed E-state index contributed by atoms with van der Waals surface area (Å²) >= 11 is -1.72. The average molecular weight is 401 g/mol. The van der Waals surface area contributed by atoms with Crippen LogP contribution in [0.15, 0.2) is 59.8 Å². The molecule has 28 heavy (non-hydrogen) atoms. The van der Waals surface area contributed by atoms with E-state index in [1.165, 1.54) is 0 Å². The Balaban J connectivity index is 2.10. The number of hydroxylamine groups is 1. The quantitative estimate of drug-likeness (QED) is 0.446. The van der Waals surface area contributed by atoms with Crippen molar-refractivity contribution in [3.63, 3.8) is 0 Å². The van der Waals surface area contributed by atoms with Crippen molar-refractivity contribution in [3.05, 3.63) is 65.9 Å². The van der Waals surface area contributed by atoms with Crippen LogP contribution >= 0.6 is 0 Å². The summed E-state index contributed by atoms with van der Waals surface area (Å²) in [6, 6.07) is 13.8. The number of imidazole rings is 1. The van der Waals surface area contributed by atoms with Gasteiger partial charge in [-0.2, -0.15) is 0 Å². The van der Waals surface area contributed by atoms with Crippen LogP contribution in [0.4, 0.5) is 5.82 Å². The summed E-state index contributed by atoms with van der Waals surface area (Å²) in [4.78, 5) is 9.57. The minimum Gasteiger partial charge on any atom is -0.381 e. The fourth-order valence-corrected chi connectivity index (χ4v) is 3.78. The summed E-state index contributed by atoms with van der Waals surface area (Å²) in [6.07, 6.45) is 3.65. The Hall–Kier alpha value is -2.52. The molecular weight excluding hydrogens is 376 g/mol. The molecule has 0 aliphatic carbocycles. The summed E-state index contributed by atoms with van der Waals surface area (Å²) in [6.45, 7) is 4.03. The Bertz CT molecular complexity index is 999. The van der Waals surface area contributed by atoms with E-state index in [2.05, 4.69) is 10.5 Å². The average Bonchev–Trinajstić information content (AvgIpc) is 3.00. The van der Waals surface area contributed by atoms with Gasteiger partial charge in [-0.05, 0) is 48.8 Å². The molecule has 0 fully saturated rings. The third kappa shape index (κ3) is 4.48. The molecule has 3 rings (SSSR count). The molecule has 1 unspecified atom stereocenters. The molecule has 148 valence electrons. The minimum absolute atomic E-state index is 0.194. The number of hydrogen-bond acceptors (Lipinski definition) is 6.